The minimum Gasteiger partial charge on any atom is -0.354 e. The van der Waals surface area contributed by atoms with E-state index in [1.165, 1.54) is 12.0 Å². The number of pyridine rings is 2. The molecule has 0 unspecified atom stereocenters. The summed E-state index contributed by atoms with van der Waals surface area (Å²) in [5, 5.41) is 4.33. The molecular formula is C23H26N4O. The lowest BCUT2D eigenvalue weighted by Crippen LogP contribution is -2.42. The zero-order valence-electron chi connectivity index (χ0n) is 16.7. The van der Waals surface area contributed by atoms with Gasteiger partial charge in [-0.3, -0.25) is 4.79 Å². The van der Waals surface area contributed by atoms with E-state index in [4.69, 9.17) is 0 Å². The van der Waals surface area contributed by atoms with Gasteiger partial charge < -0.3 is 10.2 Å². The third-order valence-electron chi connectivity index (χ3n) is 5.48. The number of piperidine rings is 1. The molecule has 5 heteroatoms. The standard InChI is InChI=1S/C23H26N4O/c1-15-7-10-18(11-8-15)26-21-19-12-9-16(2)25-22(19)24-14-20(21)23(28)27-13-5-4-6-17(27)3/h7-12,14,17H,4-6,13H2,1-3H3,(H,24,25,26)/t17-/m0/s1. The highest BCUT2D eigenvalue weighted by atomic mass is 16.2. The molecule has 1 saturated heterocycles. The van der Waals surface area contributed by atoms with Gasteiger partial charge in [-0.15, -0.1) is 0 Å². The van der Waals surface area contributed by atoms with Crippen LogP contribution in [0.4, 0.5) is 11.4 Å². The van der Waals surface area contributed by atoms with Crippen LogP contribution in [0.2, 0.25) is 0 Å². The Morgan fingerprint density at radius 1 is 1.11 bits per heavy atom. The van der Waals surface area contributed by atoms with Gasteiger partial charge in [0.1, 0.15) is 0 Å². The van der Waals surface area contributed by atoms with Crippen molar-refractivity contribution in [3.8, 4) is 0 Å². The molecule has 0 bridgehead atoms. The normalized spacial score (nSPS) is 17.0. The van der Waals surface area contributed by atoms with Crippen LogP contribution >= 0.6 is 0 Å². The highest BCUT2D eigenvalue weighted by Gasteiger charge is 2.27. The van der Waals surface area contributed by atoms with Crippen molar-refractivity contribution in [1.29, 1.82) is 0 Å². The molecule has 1 aliphatic rings. The number of carbonyl (C=O) groups excluding carboxylic acids is 1. The van der Waals surface area contributed by atoms with Gasteiger partial charge in [0.05, 0.1) is 11.3 Å². The number of likely N-dealkylation sites (tertiary alicyclic amines) is 1. The summed E-state index contributed by atoms with van der Waals surface area (Å²) in [6.45, 7) is 6.94. The summed E-state index contributed by atoms with van der Waals surface area (Å²) in [5.41, 5.74) is 5.08. The zero-order valence-corrected chi connectivity index (χ0v) is 16.7. The molecule has 5 nitrogen and oxygen atoms in total. The fourth-order valence-electron chi connectivity index (χ4n) is 3.80. The van der Waals surface area contributed by atoms with Crippen molar-refractivity contribution in [2.75, 3.05) is 11.9 Å². The molecule has 1 aromatic carbocycles. The van der Waals surface area contributed by atoms with Crippen molar-refractivity contribution in [3.63, 3.8) is 0 Å². The first-order chi connectivity index (χ1) is 13.5. The van der Waals surface area contributed by atoms with Gasteiger partial charge in [0.2, 0.25) is 0 Å². The highest BCUT2D eigenvalue weighted by Crippen LogP contribution is 2.31. The monoisotopic (exact) mass is 374 g/mol. The smallest absolute Gasteiger partial charge is 0.257 e. The highest BCUT2D eigenvalue weighted by molar-refractivity contribution is 6.07. The fourth-order valence-corrected chi connectivity index (χ4v) is 3.80. The minimum atomic E-state index is 0.0387. The quantitative estimate of drug-likeness (QED) is 0.700. The maximum Gasteiger partial charge on any atom is 0.257 e. The number of amides is 1. The third kappa shape index (κ3) is 3.57. The van der Waals surface area contributed by atoms with E-state index in [0.717, 1.165) is 41.8 Å². The molecule has 1 amide bonds. The number of aromatic nitrogens is 2. The Bertz CT molecular complexity index is 1010. The number of aryl methyl sites for hydroxylation is 2. The third-order valence-corrected chi connectivity index (χ3v) is 5.48. The number of benzene rings is 1. The summed E-state index contributed by atoms with van der Waals surface area (Å²) in [6, 6.07) is 12.4. The van der Waals surface area contributed by atoms with Crippen LogP contribution in [0.25, 0.3) is 11.0 Å². The topological polar surface area (TPSA) is 58.1 Å². The summed E-state index contributed by atoms with van der Waals surface area (Å²) in [7, 11) is 0. The van der Waals surface area contributed by atoms with E-state index >= 15 is 0 Å². The largest absolute Gasteiger partial charge is 0.354 e. The molecule has 28 heavy (non-hydrogen) atoms. The molecule has 1 atom stereocenters. The van der Waals surface area contributed by atoms with Crippen LogP contribution in [0, 0.1) is 13.8 Å². The van der Waals surface area contributed by atoms with E-state index in [1.807, 2.05) is 36.1 Å². The number of carbonyl (C=O) groups is 1. The van der Waals surface area contributed by atoms with Crippen molar-refractivity contribution in [1.82, 2.24) is 14.9 Å². The molecule has 1 fully saturated rings. The summed E-state index contributed by atoms with van der Waals surface area (Å²) in [6.07, 6.45) is 4.96. The lowest BCUT2D eigenvalue weighted by Gasteiger charge is -2.34. The molecule has 4 rings (SSSR count). The molecule has 0 aliphatic carbocycles. The van der Waals surface area contributed by atoms with Gasteiger partial charge in [-0.1, -0.05) is 17.7 Å². The van der Waals surface area contributed by atoms with Crippen LogP contribution in [0.1, 0.15) is 47.8 Å². The van der Waals surface area contributed by atoms with Gasteiger partial charge >= 0.3 is 0 Å². The van der Waals surface area contributed by atoms with E-state index in [2.05, 4.69) is 41.3 Å². The summed E-state index contributed by atoms with van der Waals surface area (Å²) >= 11 is 0. The van der Waals surface area contributed by atoms with E-state index in [1.54, 1.807) is 6.20 Å². The Hall–Kier alpha value is -2.95. The lowest BCUT2D eigenvalue weighted by molar-refractivity contribution is 0.0636. The van der Waals surface area contributed by atoms with Crippen molar-refractivity contribution in [2.45, 2.75) is 46.1 Å². The second-order valence-electron chi connectivity index (χ2n) is 7.71. The number of nitrogens with zero attached hydrogens (tertiary/aromatic N) is 3. The summed E-state index contributed by atoms with van der Waals surface area (Å²) in [5.74, 6) is 0.0387. The van der Waals surface area contributed by atoms with Crippen LogP contribution in [-0.4, -0.2) is 33.4 Å². The van der Waals surface area contributed by atoms with E-state index < -0.39 is 0 Å². The van der Waals surface area contributed by atoms with Gasteiger partial charge in [0.25, 0.3) is 5.91 Å². The fraction of sp³-hybridized carbons (Fsp3) is 0.348. The van der Waals surface area contributed by atoms with Crippen molar-refractivity contribution in [2.24, 2.45) is 0 Å². The number of hydrogen-bond acceptors (Lipinski definition) is 4. The van der Waals surface area contributed by atoms with Crippen LogP contribution in [-0.2, 0) is 0 Å². The molecule has 1 aliphatic heterocycles. The molecular weight excluding hydrogens is 348 g/mol. The van der Waals surface area contributed by atoms with Crippen molar-refractivity contribution in [3.05, 3.63) is 59.4 Å². The SMILES string of the molecule is Cc1ccc(Nc2c(C(=O)N3CCCC[C@@H]3C)cnc3nc(C)ccc23)cc1. The van der Waals surface area contributed by atoms with Crippen LogP contribution in [0.5, 0.6) is 0 Å². The molecule has 0 radical (unpaired) electrons. The average molecular weight is 374 g/mol. The Kier molecular flexibility index (Phi) is 4.99. The zero-order chi connectivity index (χ0) is 19.7. The van der Waals surface area contributed by atoms with E-state index in [-0.39, 0.29) is 11.9 Å². The van der Waals surface area contributed by atoms with Gasteiger partial charge in [0.15, 0.2) is 5.65 Å². The van der Waals surface area contributed by atoms with Crippen molar-refractivity contribution >= 4 is 28.3 Å². The van der Waals surface area contributed by atoms with Crippen LogP contribution in [0.15, 0.2) is 42.6 Å². The predicted molar refractivity (Wildman–Crippen MR) is 113 cm³/mol. The number of anilines is 2. The number of fused-ring (bicyclic) bond motifs is 1. The Balaban J connectivity index is 1.81. The molecule has 0 saturated carbocycles. The van der Waals surface area contributed by atoms with Crippen molar-refractivity contribution < 1.29 is 4.79 Å². The maximum absolute atomic E-state index is 13.4. The van der Waals surface area contributed by atoms with E-state index in [9.17, 15) is 4.79 Å². The predicted octanol–water partition coefficient (Wildman–Crippen LogP) is 5.00. The molecule has 3 heterocycles. The van der Waals surface area contributed by atoms with Crippen LogP contribution in [0.3, 0.4) is 0 Å². The van der Waals surface area contributed by atoms with Gasteiger partial charge in [-0.25, -0.2) is 9.97 Å². The second-order valence-corrected chi connectivity index (χ2v) is 7.71. The van der Waals surface area contributed by atoms with Gasteiger partial charge in [-0.05, 0) is 64.3 Å². The summed E-state index contributed by atoms with van der Waals surface area (Å²) in [4.78, 5) is 24.4. The maximum atomic E-state index is 13.4. The first-order valence-electron chi connectivity index (χ1n) is 9.94. The Labute approximate surface area is 165 Å². The second kappa shape index (κ2) is 7.58. The minimum absolute atomic E-state index is 0.0387. The Morgan fingerprint density at radius 3 is 2.64 bits per heavy atom. The van der Waals surface area contributed by atoms with Gasteiger partial charge in [0, 0.05) is 35.6 Å². The molecule has 144 valence electrons. The molecule has 1 N–H and O–H groups in total. The molecule has 0 spiro atoms. The first-order valence-corrected chi connectivity index (χ1v) is 9.94. The Morgan fingerprint density at radius 2 is 1.89 bits per heavy atom. The first kappa shape index (κ1) is 18.4. The number of rotatable bonds is 3. The van der Waals surface area contributed by atoms with Crippen LogP contribution < -0.4 is 5.32 Å². The number of hydrogen-bond donors (Lipinski definition) is 1. The molecule has 3 aromatic rings. The average Bonchev–Trinajstić information content (AvgIpc) is 2.69. The van der Waals surface area contributed by atoms with Gasteiger partial charge in [-0.2, -0.15) is 0 Å². The summed E-state index contributed by atoms with van der Waals surface area (Å²) < 4.78 is 0. The molecule has 2 aromatic heterocycles. The lowest BCUT2D eigenvalue weighted by atomic mass is 10.0. The number of nitrogens with one attached hydrogen (secondary N) is 1. The van der Waals surface area contributed by atoms with E-state index in [0.29, 0.717) is 11.2 Å².